The first-order valence-electron chi connectivity index (χ1n) is 5.99. The van der Waals surface area contributed by atoms with E-state index in [4.69, 9.17) is 11.6 Å². The van der Waals surface area contributed by atoms with Gasteiger partial charge in [-0.05, 0) is 43.0 Å². The third-order valence-corrected chi connectivity index (χ3v) is 3.44. The lowest BCUT2D eigenvalue weighted by atomic mass is 10.0. The Labute approximate surface area is 112 Å². The number of rotatable bonds is 4. The van der Waals surface area contributed by atoms with Gasteiger partial charge >= 0.3 is 0 Å². The number of aryl methyl sites for hydroxylation is 3. The first-order valence-corrected chi connectivity index (χ1v) is 6.36. The van der Waals surface area contributed by atoms with Crippen LogP contribution in [0.4, 0.5) is 0 Å². The van der Waals surface area contributed by atoms with Crippen molar-refractivity contribution in [2.75, 3.05) is 0 Å². The fraction of sp³-hybridized carbons (Fsp3) is 0.357. The van der Waals surface area contributed by atoms with Crippen LogP contribution in [0, 0.1) is 6.92 Å². The molecular weight excluding hydrogens is 248 g/mol. The SMILES string of the molecule is Cc1ccc(C(O)CCc2ccnn2C)c(Cl)c1. The van der Waals surface area contributed by atoms with Crippen molar-refractivity contribution in [2.45, 2.75) is 25.9 Å². The Morgan fingerprint density at radius 1 is 1.39 bits per heavy atom. The summed E-state index contributed by atoms with van der Waals surface area (Å²) >= 11 is 6.14. The average molecular weight is 265 g/mol. The van der Waals surface area contributed by atoms with Gasteiger partial charge in [-0.2, -0.15) is 5.10 Å². The second-order valence-electron chi connectivity index (χ2n) is 4.53. The molecule has 0 radical (unpaired) electrons. The Morgan fingerprint density at radius 3 is 2.78 bits per heavy atom. The van der Waals surface area contributed by atoms with Crippen LogP contribution in [0.5, 0.6) is 0 Å². The third-order valence-electron chi connectivity index (χ3n) is 3.11. The molecule has 0 bridgehead atoms. The molecule has 0 fully saturated rings. The minimum Gasteiger partial charge on any atom is -0.388 e. The zero-order valence-corrected chi connectivity index (χ0v) is 11.4. The molecular formula is C14H17ClN2O. The van der Waals surface area contributed by atoms with Gasteiger partial charge in [0.15, 0.2) is 0 Å². The summed E-state index contributed by atoms with van der Waals surface area (Å²) in [5, 5.41) is 14.9. The second kappa shape index (κ2) is 5.55. The number of hydrogen-bond donors (Lipinski definition) is 1. The highest BCUT2D eigenvalue weighted by molar-refractivity contribution is 6.31. The number of benzene rings is 1. The molecule has 18 heavy (non-hydrogen) atoms. The number of halogens is 1. The molecule has 0 aliphatic heterocycles. The maximum Gasteiger partial charge on any atom is 0.0808 e. The van der Waals surface area contributed by atoms with Crippen molar-refractivity contribution in [2.24, 2.45) is 7.05 Å². The fourth-order valence-corrected chi connectivity index (χ4v) is 2.35. The summed E-state index contributed by atoms with van der Waals surface area (Å²) in [4.78, 5) is 0. The van der Waals surface area contributed by atoms with E-state index in [0.717, 1.165) is 23.2 Å². The molecule has 1 aromatic carbocycles. The number of aromatic nitrogens is 2. The summed E-state index contributed by atoms with van der Waals surface area (Å²) in [6, 6.07) is 7.70. The van der Waals surface area contributed by atoms with Gasteiger partial charge in [-0.25, -0.2) is 0 Å². The fourth-order valence-electron chi connectivity index (χ4n) is 1.99. The van der Waals surface area contributed by atoms with Crippen molar-refractivity contribution >= 4 is 11.6 Å². The summed E-state index contributed by atoms with van der Waals surface area (Å²) in [5.74, 6) is 0. The van der Waals surface area contributed by atoms with E-state index in [2.05, 4.69) is 5.10 Å². The quantitative estimate of drug-likeness (QED) is 0.922. The van der Waals surface area contributed by atoms with Crippen molar-refractivity contribution in [1.82, 2.24) is 9.78 Å². The maximum absolute atomic E-state index is 10.2. The second-order valence-corrected chi connectivity index (χ2v) is 4.93. The lowest BCUT2D eigenvalue weighted by Gasteiger charge is -2.13. The van der Waals surface area contributed by atoms with E-state index in [1.807, 2.05) is 42.9 Å². The molecule has 0 amide bonds. The lowest BCUT2D eigenvalue weighted by molar-refractivity contribution is 0.167. The largest absolute Gasteiger partial charge is 0.388 e. The molecule has 2 rings (SSSR count). The summed E-state index contributed by atoms with van der Waals surface area (Å²) in [6.45, 7) is 1.98. The Hall–Kier alpha value is -1.32. The highest BCUT2D eigenvalue weighted by atomic mass is 35.5. The molecule has 2 aromatic rings. The summed E-state index contributed by atoms with van der Waals surface area (Å²) in [5.41, 5.74) is 3.00. The molecule has 1 heterocycles. The molecule has 0 aliphatic rings. The number of hydrogen-bond acceptors (Lipinski definition) is 2. The molecule has 1 atom stereocenters. The smallest absolute Gasteiger partial charge is 0.0808 e. The highest BCUT2D eigenvalue weighted by Crippen LogP contribution is 2.27. The Kier molecular flexibility index (Phi) is 4.04. The number of nitrogens with zero attached hydrogens (tertiary/aromatic N) is 2. The molecule has 0 saturated carbocycles. The molecule has 96 valence electrons. The van der Waals surface area contributed by atoms with Crippen LogP contribution in [0.2, 0.25) is 5.02 Å². The molecule has 3 nitrogen and oxygen atoms in total. The van der Waals surface area contributed by atoms with Gasteiger partial charge in [0.05, 0.1) is 6.10 Å². The zero-order chi connectivity index (χ0) is 13.1. The van der Waals surface area contributed by atoms with Crippen molar-refractivity contribution in [3.8, 4) is 0 Å². The van der Waals surface area contributed by atoms with Crippen molar-refractivity contribution in [1.29, 1.82) is 0 Å². The minimum absolute atomic E-state index is 0.534. The van der Waals surface area contributed by atoms with Crippen LogP contribution in [0.15, 0.2) is 30.5 Å². The van der Waals surface area contributed by atoms with Crippen LogP contribution in [0.25, 0.3) is 0 Å². The first-order chi connectivity index (χ1) is 8.58. The Morgan fingerprint density at radius 2 is 2.17 bits per heavy atom. The predicted molar refractivity (Wildman–Crippen MR) is 72.7 cm³/mol. The minimum atomic E-state index is -0.534. The predicted octanol–water partition coefficient (Wildman–Crippen LogP) is 3.05. The normalized spacial score (nSPS) is 12.7. The van der Waals surface area contributed by atoms with Crippen molar-refractivity contribution < 1.29 is 5.11 Å². The van der Waals surface area contributed by atoms with Crippen molar-refractivity contribution in [3.63, 3.8) is 0 Å². The molecule has 4 heteroatoms. The molecule has 0 saturated heterocycles. The van der Waals surface area contributed by atoms with E-state index < -0.39 is 6.10 Å². The van der Waals surface area contributed by atoms with Crippen molar-refractivity contribution in [3.05, 3.63) is 52.3 Å². The topological polar surface area (TPSA) is 38.1 Å². The summed E-state index contributed by atoms with van der Waals surface area (Å²) in [6.07, 6.45) is 2.65. The highest BCUT2D eigenvalue weighted by Gasteiger charge is 2.12. The molecule has 0 aliphatic carbocycles. The van der Waals surface area contributed by atoms with Crippen LogP contribution >= 0.6 is 11.6 Å². The average Bonchev–Trinajstić information content (AvgIpc) is 2.72. The van der Waals surface area contributed by atoms with Crippen LogP contribution in [0.3, 0.4) is 0 Å². The summed E-state index contributed by atoms with van der Waals surface area (Å²) < 4.78 is 1.82. The van der Waals surface area contributed by atoms with E-state index in [1.54, 1.807) is 6.20 Å². The third kappa shape index (κ3) is 2.92. The van der Waals surface area contributed by atoms with Gasteiger partial charge in [0.2, 0.25) is 0 Å². The standard InChI is InChI=1S/C14H17ClN2O/c1-10-3-5-12(13(15)9-10)14(18)6-4-11-7-8-16-17(11)2/h3,5,7-9,14,18H,4,6H2,1-2H3. The van der Waals surface area contributed by atoms with Gasteiger partial charge < -0.3 is 5.11 Å². The van der Waals surface area contributed by atoms with E-state index in [0.29, 0.717) is 11.4 Å². The van der Waals surface area contributed by atoms with Crippen LogP contribution in [0.1, 0.15) is 29.3 Å². The van der Waals surface area contributed by atoms with E-state index >= 15 is 0 Å². The monoisotopic (exact) mass is 264 g/mol. The number of aliphatic hydroxyl groups is 1. The first kappa shape index (κ1) is 13.1. The number of aliphatic hydroxyl groups excluding tert-OH is 1. The Balaban J connectivity index is 2.03. The lowest BCUT2D eigenvalue weighted by Crippen LogP contribution is -2.04. The van der Waals surface area contributed by atoms with Gasteiger partial charge in [-0.1, -0.05) is 23.7 Å². The zero-order valence-electron chi connectivity index (χ0n) is 10.6. The van der Waals surface area contributed by atoms with Gasteiger partial charge in [0.25, 0.3) is 0 Å². The van der Waals surface area contributed by atoms with Gasteiger partial charge in [0, 0.05) is 24.0 Å². The van der Waals surface area contributed by atoms with Crippen LogP contribution in [-0.4, -0.2) is 14.9 Å². The molecule has 0 spiro atoms. The Bertz CT molecular complexity index is 536. The van der Waals surface area contributed by atoms with E-state index in [9.17, 15) is 5.11 Å². The van der Waals surface area contributed by atoms with Crippen LogP contribution < -0.4 is 0 Å². The van der Waals surface area contributed by atoms with Crippen LogP contribution in [-0.2, 0) is 13.5 Å². The van der Waals surface area contributed by atoms with E-state index in [-0.39, 0.29) is 0 Å². The summed E-state index contributed by atoms with van der Waals surface area (Å²) in [7, 11) is 1.90. The molecule has 1 N–H and O–H groups in total. The maximum atomic E-state index is 10.2. The molecule has 1 unspecified atom stereocenters. The van der Waals surface area contributed by atoms with Gasteiger partial charge in [-0.3, -0.25) is 4.68 Å². The molecule has 1 aromatic heterocycles. The van der Waals surface area contributed by atoms with E-state index in [1.165, 1.54) is 0 Å². The van der Waals surface area contributed by atoms with Gasteiger partial charge in [-0.15, -0.1) is 0 Å². The van der Waals surface area contributed by atoms with Gasteiger partial charge in [0.1, 0.15) is 0 Å².